The molecule has 1 aromatic carbocycles. The molecule has 0 aromatic heterocycles. The second-order valence-corrected chi connectivity index (χ2v) is 7.17. The molecule has 0 N–H and O–H groups in total. The fraction of sp³-hybridized carbons (Fsp3) is 0.364. The van der Waals surface area contributed by atoms with Gasteiger partial charge in [0.05, 0.1) is 0 Å². The molecule has 0 aliphatic rings. The molecule has 1 aromatic rings. The first-order chi connectivity index (χ1) is 7.70. The maximum absolute atomic E-state index is 13.1. The fourth-order valence-electron chi connectivity index (χ4n) is 1.30. The van der Waals surface area contributed by atoms with E-state index in [0.29, 0.717) is 10.0 Å². The van der Waals surface area contributed by atoms with Crippen molar-refractivity contribution in [2.75, 3.05) is 6.26 Å². The van der Waals surface area contributed by atoms with Crippen molar-refractivity contribution in [1.29, 1.82) is 0 Å². The van der Waals surface area contributed by atoms with E-state index in [0.717, 1.165) is 6.26 Å². The Labute approximate surface area is 108 Å². The average molecular weight is 323 g/mol. The van der Waals surface area contributed by atoms with E-state index < -0.39 is 26.7 Å². The number of ketones is 1. The SMILES string of the molecule is CC(C(=O)Cc1cc(F)cc(Br)c1)S(C)(=O)=O. The molecule has 1 atom stereocenters. The van der Waals surface area contributed by atoms with Crippen molar-refractivity contribution < 1.29 is 17.6 Å². The Balaban J connectivity index is 2.89. The monoisotopic (exact) mass is 322 g/mol. The standard InChI is InChI=1S/C11H12BrFO3S/c1-7(17(2,15)16)11(14)5-8-3-9(12)6-10(13)4-8/h3-4,6-7H,5H2,1-2H3. The van der Waals surface area contributed by atoms with E-state index in [-0.39, 0.29) is 6.42 Å². The normalized spacial score (nSPS) is 13.4. The molecule has 6 heteroatoms. The Bertz CT molecular complexity index is 519. The molecule has 0 fully saturated rings. The number of sulfone groups is 1. The van der Waals surface area contributed by atoms with Gasteiger partial charge in [-0.25, -0.2) is 12.8 Å². The molecule has 0 spiro atoms. The lowest BCUT2D eigenvalue weighted by atomic mass is 10.1. The Morgan fingerprint density at radius 2 is 2.00 bits per heavy atom. The lowest BCUT2D eigenvalue weighted by Gasteiger charge is -2.08. The Morgan fingerprint density at radius 1 is 1.41 bits per heavy atom. The lowest BCUT2D eigenvalue weighted by molar-refractivity contribution is -0.117. The zero-order chi connectivity index (χ0) is 13.2. The van der Waals surface area contributed by atoms with E-state index >= 15 is 0 Å². The van der Waals surface area contributed by atoms with Gasteiger partial charge in [0.2, 0.25) is 0 Å². The van der Waals surface area contributed by atoms with Gasteiger partial charge in [0.1, 0.15) is 11.1 Å². The summed E-state index contributed by atoms with van der Waals surface area (Å²) in [7, 11) is -3.40. The van der Waals surface area contributed by atoms with Gasteiger partial charge in [-0.3, -0.25) is 4.79 Å². The van der Waals surface area contributed by atoms with Crippen molar-refractivity contribution >= 4 is 31.6 Å². The molecule has 0 amide bonds. The van der Waals surface area contributed by atoms with Crippen LogP contribution in [0.1, 0.15) is 12.5 Å². The minimum atomic E-state index is -3.40. The van der Waals surface area contributed by atoms with E-state index in [9.17, 15) is 17.6 Å². The number of carbonyl (C=O) groups is 1. The molecule has 0 bridgehead atoms. The summed E-state index contributed by atoms with van der Waals surface area (Å²) in [6, 6.07) is 4.08. The van der Waals surface area contributed by atoms with E-state index in [1.807, 2.05) is 0 Å². The van der Waals surface area contributed by atoms with Crippen LogP contribution in [0.25, 0.3) is 0 Å². The van der Waals surface area contributed by atoms with Crippen molar-refractivity contribution in [2.24, 2.45) is 0 Å². The molecule has 0 aliphatic heterocycles. The molecule has 1 unspecified atom stereocenters. The van der Waals surface area contributed by atoms with Crippen LogP contribution < -0.4 is 0 Å². The van der Waals surface area contributed by atoms with Crippen LogP contribution in [-0.2, 0) is 21.1 Å². The summed E-state index contributed by atoms with van der Waals surface area (Å²) in [5.41, 5.74) is 0.456. The topological polar surface area (TPSA) is 51.2 Å². The predicted octanol–water partition coefficient (Wildman–Crippen LogP) is 2.13. The molecule has 0 radical (unpaired) electrons. The van der Waals surface area contributed by atoms with Crippen molar-refractivity contribution in [2.45, 2.75) is 18.6 Å². The highest BCUT2D eigenvalue weighted by Crippen LogP contribution is 2.16. The van der Waals surface area contributed by atoms with Gasteiger partial charge in [-0.2, -0.15) is 0 Å². The molecule has 94 valence electrons. The Hall–Kier alpha value is -0.750. The average Bonchev–Trinajstić information content (AvgIpc) is 2.13. The summed E-state index contributed by atoms with van der Waals surface area (Å²) in [5.74, 6) is -0.904. The molecule has 0 heterocycles. The smallest absolute Gasteiger partial charge is 0.157 e. The van der Waals surface area contributed by atoms with Gasteiger partial charge in [0.25, 0.3) is 0 Å². The zero-order valence-corrected chi connectivity index (χ0v) is 11.8. The molecule has 0 saturated heterocycles. The fourth-order valence-corrected chi connectivity index (χ4v) is 2.37. The van der Waals surface area contributed by atoms with Crippen LogP contribution in [-0.4, -0.2) is 25.7 Å². The first-order valence-corrected chi connectivity index (χ1v) is 7.61. The Kier molecular flexibility index (Phi) is 4.43. The molecule has 0 saturated carbocycles. The summed E-state index contributed by atoms with van der Waals surface area (Å²) in [5, 5.41) is -1.07. The second kappa shape index (κ2) is 5.27. The number of halogens is 2. The van der Waals surface area contributed by atoms with E-state index in [4.69, 9.17) is 0 Å². The van der Waals surface area contributed by atoms with Crippen LogP contribution >= 0.6 is 15.9 Å². The number of Topliss-reactive ketones (excluding diaryl/α,β-unsaturated/α-hetero) is 1. The quantitative estimate of drug-likeness (QED) is 0.853. The van der Waals surface area contributed by atoms with Crippen molar-refractivity contribution in [3.05, 3.63) is 34.1 Å². The molecular weight excluding hydrogens is 311 g/mol. The molecule has 1 rings (SSSR count). The highest BCUT2D eigenvalue weighted by Gasteiger charge is 2.23. The van der Waals surface area contributed by atoms with Crippen molar-refractivity contribution in [3.8, 4) is 0 Å². The third kappa shape index (κ3) is 4.20. The summed E-state index contributed by atoms with van der Waals surface area (Å²) in [6.45, 7) is 1.34. The van der Waals surface area contributed by atoms with Gasteiger partial charge in [-0.15, -0.1) is 0 Å². The van der Waals surface area contributed by atoms with Crippen LogP contribution in [0.5, 0.6) is 0 Å². The van der Waals surface area contributed by atoms with E-state index in [2.05, 4.69) is 15.9 Å². The minimum absolute atomic E-state index is 0.0927. The minimum Gasteiger partial charge on any atom is -0.298 e. The summed E-state index contributed by atoms with van der Waals surface area (Å²) in [6.07, 6.45) is 0.918. The zero-order valence-electron chi connectivity index (χ0n) is 9.41. The Morgan fingerprint density at radius 3 is 2.47 bits per heavy atom. The molecule has 0 aliphatic carbocycles. The van der Waals surface area contributed by atoms with Gasteiger partial charge in [0, 0.05) is 17.1 Å². The maximum Gasteiger partial charge on any atom is 0.157 e. The van der Waals surface area contributed by atoms with E-state index in [1.54, 1.807) is 6.07 Å². The number of rotatable bonds is 4. The largest absolute Gasteiger partial charge is 0.298 e. The predicted molar refractivity (Wildman–Crippen MR) is 67.1 cm³/mol. The van der Waals surface area contributed by atoms with Crippen LogP contribution in [0.2, 0.25) is 0 Å². The van der Waals surface area contributed by atoms with Crippen molar-refractivity contribution in [1.82, 2.24) is 0 Å². The number of hydrogen-bond acceptors (Lipinski definition) is 3. The van der Waals surface area contributed by atoms with Crippen LogP contribution in [0.4, 0.5) is 4.39 Å². The number of carbonyl (C=O) groups excluding carboxylic acids is 1. The number of hydrogen-bond donors (Lipinski definition) is 0. The summed E-state index contributed by atoms with van der Waals surface area (Å²) in [4.78, 5) is 11.7. The van der Waals surface area contributed by atoms with Gasteiger partial charge < -0.3 is 0 Å². The van der Waals surface area contributed by atoms with Crippen LogP contribution in [0, 0.1) is 5.82 Å². The lowest BCUT2D eigenvalue weighted by Crippen LogP contribution is -2.27. The molecular formula is C11H12BrFO3S. The molecule has 3 nitrogen and oxygen atoms in total. The highest BCUT2D eigenvalue weighted by atomic mass is 79.9. The highest BCUT2D eigenvalue weighted by molar-refractivity contribution is 9.10. The van der Waals surface area contributed by atoms with Gasteiger partial charge in [-0.1, -0.05) is 15.9 Å². The van der Waals surface area contributed by atoms with Gasteiger partial charge in [-0.05, 0) is 30.7 Å². The molecule has 17 heavy (non-hydrogen) atoms. The summed E-state index contributed by atoms with van der Waals surface area (Å²) < 4.78 is 36.0. The maximum atomic E-state index is 13.1. The van der Waals surface area contributed by atoms with Gasteiger partial charge in [0.15, 0.2) is 15.6 Å². The second-order valence-electron chi connectivity index (χ2n) is 3.89. The first kappa shape index (κ1) is 14.3. The van der Waals surface area contributed by atoms with Gasteiger partial charge >= 0.3 is 0 Å². The van der Waals surface area contributed by atoms with Crippen molar-refractivity contribution in [3.63, 3.8) is 0 Å². The number of benzene rings is 1. The van der Waals surface area contributed by atoms with Crippen LogP contribution in [0.3, 0.4) is 0 Å². The first-order valence-electron chi connectivity index (χ1n) is 4.86. The van der Waals surface area contributed by atoms with Crippen LogP contribution in [0.15, 0.2) is 22.7 Å². The van der Waals surface area contributed by atoms with E-state index in [1.165, 1.54) is 19.1 Å². The third-order valence-corrected chi connectivity index (χ3v) is 4.40. The summed E-state index contributed by atoms with van der Waals surface area (Å²) >= 11 is 3.11. The third-order valence-electron chi connectivity index (χ3n) is 2.40.